The van der Waals surface area contributed by atoms with Gasteiger partial charge in [-0.1, -0.05) is 117 Å². The highest BCUT2D eigenvalue weighted by Gasteiger charge is 2.36. The molecule has 236 valence electrons. The van der Waals surface area contributed by atoms with Gasteiger partial charge in [-0.2, -0.15) is 0 Å². The molecular weight excluding hydrogens is 607 g/mol. The molecule has 9 aromatic rings. The van der Waals surface area contributed by atoms with E-state index in [4.69, 9.17) is 9.97 Å². The van der Waals surface area contributed by atoms with Crippen molar-refractivity contribution in [3.63, 3.8) is 0 Å². The van der Waals surface area contributed by atoms with Gasteiger partial charge in [0, 0.05) is 34.1 Å². The van der Waals surface area contributed by atoms with E-state index in [-0.39, 0.29) is 5.41 Å². The van der Waals surface area contributed by atoms with E-state index in [2.05, 4.69) is 170 Å². The quantitative estimate of drug-likeness (QED) is 0.192. The molecular formula is C47H33N3. The Labute approximate surface area is 291 Å². The summed E-state index contributed by atoms with van der Waals surface area (Å²) >= 11 is 0. The molecule has 0 radical (unpaired) electrons. The van der Waals surface area contributed by atoms with Gasteiger partial charge in [0.2, 0.25) is 5.95 Å². The van der Waals surface area contributed by atoms with Crippen LogP contribution < -0.4 is 0 Å². The van der Waals surface area contributed by atoms with Crippen molar-refractivity contribution in [2.45, 2.75) is 19.3 Å². The van der Waals surface area contributed by atoms with Crippen LogP contribution in [0, 0.1) is 0 Å². The predicted octanol–water partition coefficient (Wildman–Crippen LogP) is 12.0. The molecule has 0 bridgehead atoms. The van der Waals surface area contributed by atoms with E-state index in [1.54, 1.807) is 0 Å². The number of hydrogen-bond donors (Lipinski definition) is 0. The number of rotatable bonds is 4. The third-order valence-electron chi connectivity index (χ3n) is 10.7. The van der Waals surface area contributed by atoms with Gasteiger partial charge in [-0.15, -0.1) is 0 Å². The topological polar surface area (TPSA) is 30.7 Å². The number of nitrogens with zero attached hydrogens (tertiary/aromatic N) is 3. The molecule has 1 aliphatic rings. The fourth-order valence-electron chi connectivity index (χ4n) is 8.07. The summed E-state index contributed by atoms with van der Waals surface area (Å²) in [5, 5.41) is 4.98. The number of para-hydroxylation sites is 1. The van der Waals surface area contributed by atoms with E-state index in [9.17, 15) is 0 Å². The fraction of sp³-hybridized carbons (Fsp3) is 0.0638. The van der Waals surface area contributed by atoms with Gasteiger partial charge in [0.25, 0.3) is 0 Å². The van der Waals surface area contributed by atoms with Crippen LogP contribution in [0.5, 0.6) is 0 Å². The second-order valence-corrected chi connectivity index (χ2v) is 13.9. The summed E-state index contributed by atoms with van der Waals surface area (Å²) in [5.74, 6) is 0.665. The summed E-state index contributed by atoms with van der Waals surface area (Å²) in [4.78, 5) is 10.1. The van der Waals surface area contributed by atoms with Crippen LogP contribution in [0.2, 0.25) is 0 Å². The number of hydrogen-bond acceptors (Lipinski definition) is 2. The molecule has 0 unspecified atom stereocenters. The molecule has 0 fully saturated rings. The lowest BCUT2D eigenvalue weighted by Crippen LogP contribution is -2.14. The van der Waals surface area contributed by atoms with Crippen LogP contribution in [0.1, 0.15) is 25.0 Å². The summed E-state index contributed by atoms with van der Waals surface area (Å²) in [6.07, 6.45) is 3.94. The fourth-order valence-corrected chi connectivity index (χ4v) is 8.07. The molecule has 7 aromatic carbocycles. The van der Waals surface area contributed by atoms with Gasteiger partial charge in [-0.3, -0.25) is 4.57 Å². The molecule has 0 saturated carbocycles. The van der Waals surface area contributed by atoms with E-state index in [0.717, 1.165) is 22.2 Å². The number of aromatic nitrogens is 3. The Bertz CT molecular complexity index is 2700. The lowest BCUT2D eigenvalue weighted by molar-refractivity contribution is 0.662. The highest BCUT2D eigenvalue weighted by molar-refractivity contribution is 6.11. The first-order valence-corrected chi connectivity index (χ1v) is 17.2. The van der Waals surface area contributed by atoms with Crippen molar-refractivity contribution in [2.24, 2.45) is 0 Å². The Kier molecular flexibility index (Phi) is 6.22. The number of fused-ring (bicyclic) bond motifs is 7. The summed E-state index contributed by atoms with van der Waals surface area (Å²) in [6, 6.07) is 54.7. The van der Waals surface area contributed by atoms with Crippen molar-refractivity contribution >= 4 is 32.6 Å². The van der Waals surface area contributed by atoms with Gasteiger partial charge in [-0.05, 0) is 109 Å². The summed E-state index contributed by atoms with van der Waals surface area (Å²) in [6.45, 7) is 4.71. The molecule has 3 nitrogen and oxygen atoms in total. The van der Waals surface area contributed by atoms with Crippen molar-refractivity contribution in [3.8, 4) is 50.5 Å². The zero-order valence-electron chi connectivity index (χ0n) is 27.9. The van der Waals surface area contributed by atoms with Crippen LogP contribution in [0.3, 0.4) is 0 Å². The van der Waals surface area contributed by atoms with Gasteiger partial charge in [-0.25, -0.2) is 9.97 Å². The van der Waals surface area contributed by atoms with Crippen LogP contribution >= 0.6 is 0 Å². The van der Waals surface area contributed by atoms with Crippen molar-refractivity contribution in [1.82, 2.24) is 14.5 Å². The Morgan fingerprint density at radius 1 is 0.420 bits per heavy atom. The Morgan fingerprint density at radius 2 is 0.940 bits per heavy atom. The number of benzene rings is 7. The van der Waals surface area contributed by atoms with E-state index < -0.39 is 0 Å². The SMILES string of the molecule is CC1(C)c2cc3ccccc3cc2-c2cc3c(cc21)c1ccccc1n3-c1ncc(-c2cc(-c3ccccc3)cc(-c3ccccc3)c2)cn1. The van der Waals surface area contributed by atoms with Gasteiger partial charge < -0.3 is 0 Å². The highest BCUT2D eigenvalue weighted by Crippen LogP contribution is 2.52. The van der Waals surface area contributed by atoms with Gasteiger partial charge in [0.15, 0.2) is 0 Å². The van der Waals surface area contributed by atoms with Gasteiger partial charge in [0.1, 0.15) is 0 Å². The lowest BCUT2D eigenvalue weighted by Gasteiger charge is -2.22. The molecule has 0 amide bonds. The summed E-state index contributed by atoms with van der Waals surface area (Å²) < 4.78 is 2.23. The van der Waals surface area contributed by atoms with Crippen molar-refractivity contribution in [2.75, 3.05) is 0 Å². The molecule has 2 aromatic heterocycles. The molecule has 3 heteroatoms. The molecule has 0 spiro atoms. The molecule has 10 rings (SSSR count). The van der Waals surface area contributed by atoms with E-state index in [1.807, 2.05) is 12.4 Å². The summed E-state index contributed by atoms with van der Waals surface area (Å²) in [7, 11) is 0. The predicted molar refractivity (Wildman–Crippen MR) is 208 cm³/mol. The van der Waals surface area contributed by atoms with E-state index in [1.165, 1.54) is 66.1 Å². The zero-order valence-corrected chi connectivity index (χ0v) is 27.9. The van der Waals surface area contributed by atoms with E-state index in [0.29, 0.717) is 5.95 Å². The van der Waals surface area contributed by atoms with Crippen LogP contribution in [0.15, 0.2) is 164 Å². The van der Waals surface area contributed by atoms with Crippen LogP contribution in [-0.4, -0.2) is 14.5 Å². The first kappa shape index (κ1) is 28.7. The Hall–Kier alpha value is -6.32. The van der Waals surface area contributed by atoms with Gasteiger partial charge >= 0.3 is 0 Å². The third-order valence-corrected chi connectivity index (χ3v) is 10.7. The maximum absolute atomic E-state index is 5.06. The van der Waals surface area contributed by atoms with Crippen LogP contribution in [-0.2, 0) is 5.41 Å². The van der Waals surface area contributed by atoms with Crippen molar-refractivity contribution in [1.29, 1.82) is 0 Å². The Morgan fingerprint density at radius 3 is 1.60 bits per heavy atom. The minimum atomic E-state index is -0.114. The largest absolute Gasteiger partial charge is 0.278 e. The smallest absolute Gasteiger partial charge is 0.234 e. The molecule has 0 N–H and O–H groups in total. The van der Waals surface area contributed by atoms with E-state index >= 15 is 0 Å². The summed E-state index contributed by atoms with van der Waals surface area (Å²) in [5.41, 5.74) is 14.2. The standard InChI is InChI=1S/C47H33N3/c1-47(2)42-25-33-18-10-9-17-32(33)24-39(42)40-27-45-41(26-43(40)47)38-19-11-12-20-44(38)50(45)46-48-28-37(29-49-46)36-22-34(30-13-5-3-6-14-30)21-35(23-36)31-15-7-4-8-16-31/h3-29H,1-2H3. The average Bonchev–Trinajstić information content (AvgIpc) is 3.61. The molecule has 2 heterocycles. The van der Waals surface area contributed by atoms with Crippen LogP contribution in [0.4, 0.5) is 0 Å². The molecule has 0 aliphatic heterocycles. The second kappa shape index (κ2) is 10.8. The first-order chi connectivity index (χ1) is 24.5. The normalized spacial score (nSPS) is 13.2. The van der Waals surface area contributed by atoms with Crippen LogP contribution in [0.25, 0.3) is 83.0 Å². The second-order valence-electron chi connectivity index (χ2n) is 13.9. The van der Waals surface area contributed by atoms with Crippen molar-refractivity contribution in [3.05, 3.63) is 175 Å². The maximum atomic E-state index is 5.06. The highest BCUT2D eigenvalue weighted by atomic mass is 15.1. The lowest BCUT2D eigenvalue weighted by atomic mass is 9.81. The minimum absolute atomic E-state index is 0.114. The Balaban J connectivity index is 1.14. The zero-order chi connectivity index (χ0) is 33.4. The minimum Gasteiger partial charge on any atom is -0.278 e. The average molecular weight is 640 g/mol. The molecule has 0 saturated heterocycles. The molecule has 0 atom stereocenters. The molecule has 1 aliphatic carbocycles. The van der Waals surface area contributed by atoms with Gasteiger partial charge in [0.05, 0.1) is 11.0 Å². The third kappa shape index (κ3) is 4.37. The monoisotopic (exact) mass is 639 g/mol. The molecule has 50 heavy (non-hydrogen) atoms. The first-order valence-electron chi connectivity index (χ1n) is 17.2. The van der Waals surface area contributed by atoms with Crippen molar-refractivity contribution < 1.29 is 0 Å². The maximum Gasteiger partial charge on any atom is 0.234 e.